The topological polar surface area (TPSA) is 99.8 Å². The van der Waals surface area contributed by atoms with E-state index in [0.29, 0.717) is 6.54 Å². The molecule has 31 heavy (non-hydrogen) atoms. The highest BCUT2D eigenvalue weighted by molar-refractivity contribution is 14.0. The summed E-state index contributed by atoms with van der Waals surface area (Å²) in [5, 5.41) is 12.2. The van der Waals surface area contributed by atoms with E-state index >= 15 is 0 Å². The standard InChI is InChI=1S/C22H37N5O2S.HI/c1-2-24-21(25-17-19-10-9-11-20(16-19)30(23,28)29)26-18-22(12-5-3-6-13-22)27-14-7-4-8-15-27;/h9-11,16H,2-8,12-15,17-18H2,1H3,(H2,23,28,29)(H2,24,25,26);1H. The quantitative estimate of drug-likeness (QED) is 0.269. The lowest BCUT2D eigenvalue weighted by Gasteiger charge is -2.48. The van der Waals surface area contributed by atoms with Crippen molar-refractivity contribution in [1.82, 2.24) is 15.5 Å². The number of hydrogen-bond donors (Lipinski definition) is 3. The van der Waals surface area contributed by atoms with Crippen LogP contribution in [0.25, 0.3) is 0 Å². The summed E-state index contributed by atoms with van der Waals surface area (Å²) in [5.41, 5.74) is 1.05. The van der Waals surface area contributed by atoms with Gasteiger partial charge in [-0.1, -0.05) is 37.8 Å². The summed E-state index contributed by atoms with van der Waals surface area (Å²) in [7, 11) is -3.70. The maximum atomic E-state index is 11.6. The monoisotopic (exact) mass is 563 g/mol. The van der Waals surface area contributed by atoms with Crippen LogP contribution in [0.1, 0.15) is 63.9 Å². The van der Waals surface area contributed by atoms with E-state index in [4.69, 9.17) is 10.1 Å². The number of halogens is 1. The minimum absolute atomic E-state index is 0. The predicted octanol–water partition coefficient (Wildman–Crippen LogP) is 3.20. The van der Waals surface area contributed by atoms with Gasteiger partial charge in [-0.15, -0.1) is 24.0 Å². The molecule has 0 unspecified atom stereocenters. The highest BCUT2D eigenvalue weighted by Gasteiger charge is 2.38. The second kappa shape index (κ2) is 12.4. The molecule has 1 aliphatic carbocycles. The molecule has 4 N–H and O–H groups in total. The molecule has 2 aliphatic rings. The number of nitrogens with two attached hydrogens (primary N) is 1. The third kappa shape index (κ3) is 7.57. The summed E-state index contributed by atoms with van der Waals surface area (Å²) in [4.78, 5) is 7.56. The van der Waals surface area contributed by atoms with Crippen LogP contribution < -0.4 is 15.8 Å². The van der Waals surface area contributed by atoms with Crippen molar-refractivity contribution in [2.75, 3.05) is 26.2 Å². The molecule has 1 saturated carbocycles. The van der Waals surface area contributed by atoms with Gasteiger partial charge in [0.05, 0.1) is 11.4 Å². The Labute approximate surface area is 204 Å². The van der Waals surface area contributed by atoms with Crippen molar-refractivity contribution in [2.45, 2.75) is 75.3 Å². The summed E-state index contributed by atoms with van der Waals surface area (Å²) in [6, 6.07) is 6.69. The van der Waals surface area contributed by atoms with Gasteiger partial charge in [0.25, 0.3) is 0 Å². The fraction of sp³-hybridized carbons (Fsp3) is 0.682. The molecule has 176 valence electrons. The largest absolute Gasteiger partial charge is 0.357 e. The van der Waals surface area contributed by atoms with Crippen LogP contribution in [0.5, 0.6) is 0 Å². The van der Waals surface area contributed by atoms with E-state index < -0.39 is 10.0 Å². The van der Waals surface area contributed by atoms with Gasteiger partial charge in [0, 0.05) is 18.6 Å². The molecule has 1 aliphatic heterocycles. The number of aliphatic imine (C=N–C) groups is 1. The van der Waals surface area contributed by atoms with E-state index in [0.717, 1.165) is 24.6 Å². The van der Waals surface area contributed by atoms with Gasteiger partial charge in [-0.25, -0.2) is 18.5 Å². The zero-order valence-corrected chi connectivity index (χ0v) is 21.8. The zero-order chi connectivity index (χ0) is 21.5. The highest BCUT2D eigenvalue weighted by Crippen LogP contribution is 2.35. The van der Waals surface area contributed by atoms with E-state index in [9.17, 15) is 8.42 Å². The number of benzene rings is 1. The maximum absolute atomic E-state index is 11.6. The Morgan fingerprint density at radius 2 is 1.77 bits per heavy atom. The van der Waals surface area contributed by atoms with Gasteiger partial charge in [0.1, 0.15) is 0 Å². The number of guanidine groups is 1. The molecule has 1 aromatic rings. The fourth-order valence-electron chi connectivity index (χ4n) is 4.76. The first-order valence-corrected chi connectivity index (χ1v) is 12.9. The molecule has 3 rings (SSSR count). The second-order valence-corrected chi connectivity index (χ2v) is 10.1. The smallest absolute Gasteiger partial charge is 0.238 e. The van der Waals surface area contributed by atoms with E-state index in [1.54, 1.807) is 12.1 Å². The molecule has 0 aromatic heterocycles. The van der Waals surface area contributed by atoms with Crippen LogP contribution in [-0.4, -0.2) is 51.0 Å². The number of nitrogens with one attached hydrogen (secondary N) is 2. The summed E-state index contributed by atoms with van der Waals surface area (Å²) in [5.74, 6) is 0.778. The van der Waals surface area contributed by atoms with E-state index in [2.05, 4.69) is 22.5 Å². The van der Waals surface area contributed by atoms with Gasteiger partial charge in [-0.05, 0) is 63.4 Å². The van der Waals surface area contributed by atoms with Crippen molar-refractivity contribution in [3.05, 3.63) is 29.8 Å². The van der Waals surface area contributed by atoms with Crippen LogP contribution in [0.3, 0.4) is 0 Å². The first-order valence-electron chi connectivity index (χ1n) is 11.3. The fourth-order valence-corrected chi connectivity index (χ4v) is 5.35. The van der Waals surface area contributed by atoms with Crippen molar-refractivity contribution in [3.63, 3.8) is 0 Å². The Morgan fingerprint density at radius 1 is 1.10 bits per heavy atom. The lowest BCUT2D eigenvalue weighted by atomic mass is 9.79. The maximum Gasteiger partial charge on any atom is 0.238 e. The number of nitrogens with zero attached hydrogens (tertiary/aromatic N) is 2. The number of hydrogen-bond acceptors (Lipinski definition) is 4. The molecule has 1 saturated heterocycles. The molecule has 0 amide bonds. The van der Waals surface area contributed by atoms with Crippen molar-refractivity contribution in [3.8, 4) is 0 Å². The summed E-state index contributed by atoms with van der Waals surface area (Å²) < 4.78 is 23.2. The Balaban J connectivity index is 0.00000341. The third-order valence-corrected chi connectivity index (χ3v) is 7.30. The third-order valence-electron chi connectivity index (χ3n) is 6.39. The Bertz CT molecular complexity index is 819. The molecule has 0 radical (unpaired) electrons. The second-order valence-electron chi connectivity index (χ2n) is 8.57. The average molecular weight is 564 g/mol. The minimum atomic E-state index is -3.70. The van der Waals surface area contributed by atoms with Crippen molar-refractivity contribution < 1.29 is 8.42 Å². The van der Waals surface area contributed by atoms with E-state index in [1.165, 1.54) is 70.5 Å². The number of likely N-dealkylation sites (tertiary alicyclic amines) is 1. The molecular weight excluding hydrogens is 525 g/mol. The summed E-state index contributed by atoms with van der Waals surface area (Å²) in [6.07, 6.45) is 10.4. The number of piperidine rings is 1. The van der Waals surface area contributed by atoms with Gasteiger partial charge in [-0.3, -0.25) is 4.90 Å². The predicted molar refractivity (Wildman–Crippen MR) is 137 cm³/mol. The summed E-state index contributed by atoms with van der Waals surface area (Å²) >= 11 is 0. The Kier molecular flexibility index (Phi) is 10.5. The zero-order valence-electron chi connectivity index (χ0n) is 18.6. The SMILES string of the molecule is CCNC(=NCc1cccc(S(N)(=O)=O)c1)NCC1(N2CCCCC2)CCCCC1.I. The van der Waals surface area contributed by atoms with Gasteiger partial charge in [-0.2, -0.15) is 0 Å². The Hall–Kier alpha value is -0.910. The lowest BCUT2D eigenvalue weighted by Crippen LogP contribution is -2.59. The van der Waals surface area contributed by atoms with Crippen LogP contribution in [0.15, 0.2) is 34.2 Å². The van der Waals surface area contributed by atoms with Crippen LogP contribution >= 0.6 is 24.0 Å². The molecular formula is C22H38IN5O2S. The molecule has 0 atom stereocenters. The molecule has 1 aromatic carbocycles. The van der Waals surface area contributed by atoms with Crippen LogP contribution in [-0.2, 0) is 16.6 Å². The molecule has 0 spiro atoms. The first kappa shape index (κ1) is 26.3. The minimum Gasteiger partial charge on any atom is -0.357 e. The van der Waals surface area contributed by atoms with E-state index in [1.807, 2.05) is 6.07 Å². The Morgan fingerprint density at radius 3 is 2.42 bits per heavy atom. The normalized spacial score (nSPS) is 20.0. The molecule has 9 heteroatoms. The van der Waals surface area contributed by atoms with Crippen molar-refractivity contribution in [1.29, 1.82) is 0 Å². The number of sulfonamides is 1. The van der Waals surface area contributed by atoms with E-state index in [-0.39, 0.29) is 34.4 Å². The van der Waals surface area contributed by atoms with Gasteiger partial charge in [0.2, 0.25) is 10.0 Å². The van der Waals surface area contributed by atoms with Gasteiger partial charge >= 0.3 is 0 Å². The molecule has 2 fully saturated rings. The van der Waals surface area contributed by atoms with Gasteiger partial charge in [0.15, 0.2) is 5.96 Å². The number of primary sulfonamides is 1. The van der Waals surface area contributed by atoms with Crippen molar-refractivity contribution >= 4 is 40.0 Å². The first-order chi connectivity index (χ1) is 14.4. The van der Waals surface area contributed by atoms with Crippen LogP contribution in [0.4, 0.5) is 0 Å². The summed E-state index contributed by atoms with van der Waals surface area (Å²) in [6.45, 7) is 6.54. The highest BCUT2D eigenvalue weighted by atomic mass is 127. The lowest BCUT2D eigenvalue weighted by molar-refractivity contribution is 0.0368. The number of rotatable bonds is 7. The molecule has 0 bridgehead atoms. The molecule has 1 heterocycles. The average Bonchev–Trinajstić information content (AvgIpc) is 2.76. The van der Waals surface area contributed by atoms with Crippen LogP contribution in [0.2, 0.25) is 0 Å². The van der Waals surface area contributed by atoms with Crippen LogP contribution in [0, 0.1) is 0 Å². The van der Waals surface area contributed by atoms with Crippen molar-refractivity contribution in [2.24, 2.45) is 10.1 Å². The van der Waals surface area contributed by atoms with Gasteiger partial charge < -0.3 is 10.6 Å². The molecule has 7 nitrogen and oxygen atoms in total.